The molecule has 0 spiro atoms. The fraction of sp³-hybridized carbons (Fsp3) is 0.357. The Kier molecular flexibility index (Phi) is 4.84. The summed E-state index contributed by atoms with van der Waals surface area (Å²) < 4.78 is 5.71. The molecule has 0 saturated heterocycles. The number of nitrogens with one attached hydrogen (secondary N) is 1. The van der Waals surface area contributed by atoms with Gasteiger partial charge in [-0.3, -0.25) is 4.98 Å². The normalized spacial score (nSPS) is 12.6. The van der Waals surface area contributed by atoms with E-state index >= 15 is 0 Å². The molecule has 2 aromatic rings. The highest BCUT2D eigenvalue weighted by molar-refractivity contribution is 7.97. The van der Waals surface area contributed by atoms with Crippen LogP contribution in [-0.4, -0.2) is 11.2 Å². The maximum Gasteiger partial charge on any atom is 0.118 e. The Hall–Kier alpha value is -1.26. The first-order valence-electron chi connectivity index (χ1n) is 6.00. The lowest BCUT2D eigenvalue weighted by Crippen LogP contribution is -2.18. The summed E-state index contributed by atoms with van der Waals surface area (Å²) in [7, 11) is 0. The molecule has 0 aliphatic carbocycles. The minimum atomic E-state index is 0.223. The van der Waals surface area contributed by atoms with E-state index in [9.17, 15) is 0 Å². The van der Waals surface area contributed by atoms with Crippen LogP contribution in [0.4, 0.5) is 0 Å². The molecule has 0 aliphatic rings. The van der Waals surface area contributed by atoms with E-state index in [1.807, 2.05) is 36.5 Å². The molecule has 4 heteroatoms. The summed E-state index contributed by atoms with van der Waals surface area (Å²) >= 11 is 1.77. The van der Waals surface area contributed by atoms with Gasteiger partial charge in [0, 0.05) is 12.2 Å². The fourth-order valence-electron chi connectivity index (χ4n) is 1.73. The molecule has 0 fully saturated rings. The lowest BCUT2D eigenvalue weighted by atomic mass is 10.2. The zero-order valence-corrected chi connectivity index (χ0v) is 11.5. The van der Waals surface area contributed by atoms with Gasteiger partial charge >= 0.3 is 0 Å². The van der Waals surface area contributed by atoms with E-state index < -0.39 is 0 Å². The number of thioether (sulfide) groups is 1. The molecule has 1 N–H and O–H groups in total. The predicted octanol–water partition coefficient (Wildman–Crippen LogP) is 3.39. The number of furan rings is 1. The molecule has 3 nitrogen and oxygen atoms in total. The molecule has 1 unspecified atom stereocenters. The Bertz CT molecular complexity index is 470. The summed E-state index contributed by atoms with van der Waals surface area (Å²) in [5, 5.41) is 3.41. The SMILES string of the molecule is CSCc1ccc(CNC(C)c2ccccn2)o1. The maximum absolute atomic E-state index is 5.71. The van der Waals surface area contributed by atoms with Gasteiger partial charge in [0.15, 0.2) is 0 Å². The van der Waals surface area contributed by atoms with Crippen molar-refractivity contribution >= 4 is 11.8 Å². The van der Waals surface area contributed by atoms with Crippen molar-refractivity contribution in [3.63, 3.8) is 0 Å². The smallest absolute Gasteiger partial charge is 0.118 e. The van der Waals surface area contributed by atoms with Crippen LogP contribution in [0.15, 0.2) is 40.9 Å². The van der Waals surface area contributed by atoms with E-state index in [1.54, 1.807) is 11.8 Å². The molecule has 0 aliphatic heterocycles. The van der Waals surface area contributed by atoms with Crippen LogP contribution in [0.1, 0.15) is 30.2 Å². The number of nitrogens with zero attached hydrogens (tertiary/aromatic N) is 1. The quantitative estimate of drug-likeness (QED) is 0.866. The van der Waals surface area contributed by atoms with Gasteiger partial charge in [-0.15, -0.1) is 0 Å². The minimum absolute atomic E-state index is 0.223. The molecule has 18 heavy (non-hydrogen) atoms. The van der Waals surface area contributed by atoms with E-state index in [0.29, 0.717) is 0 Å². The van der Waals surface area contributed by atoms with Crippen LogP contribution in [-0.2, 0) is 12.3 Å². The van der Waals surface area contributed by atoms with Crippen molar-refractivity contribution in [3.05, 3.63) is 53.7 Å². The monoisotopic (exact) mass is 262 g/mol. The molecule has 2 aromatic heterocycles. The number of hydrogen-bond acceptors (Lipinski definition) is 4. The summed E-state index contributed by atoms with van der Waals surface area (Å²) in [6.07, 6.45) is 3.89. The second-order valence-corrected chi connectivity index (χ2v) is 5.02. The standard InChI is InChI=1S/C14H18N2OS/c1-11(14-5-3-4-8-15-14)16-9-12-6-7-13(17-12)10-18-2/h3-8,11,16H,9-10H2,1-2H3. The van der Waals surface area contributed by atoms with Gasteiger partial charge in [-0.1, -0.05) is 6.07 Å². The molecule has 0 radical (unpaired) electrons. The van der Waals surface area contributed by atoms with Gasteiger partial charge in [0.2, 0.25) is 0 Å². The lowest BCUT2D eigenvalue weighted by Gasteiger charge is -2.11. The molecule has 0 aromatic carbocycles. The molecule has 0 bridgehead atoms. The molecular formula is C14H18N2OS. The van der Waals surface area contributed by atoms with Crippen molar-refractivity contribution in [1.82, 2.24) is 10.3 Å². The topological polar surface area (TPSA) is 38.1 Å². The average Bonchev–Trinajstić information content (AvgIpc) is 2.85. The van der Waals surface area contributed by atoms with E-state index in [4.69, 9.17) is 4.42 Å². The number of pyridine rings is 1. The first-order valence-corrected chi connectivity index (χ1v) is 7.40. The zero-order chi connectivity index (χ0) is 12.8. The Morgan fingerprint density at radius 1 is 1.28 bits per heavy atom. The van der Waals surface area contributed by atoms with Gasteiger partial charge in [-0.05, 0) is 37.4 Å². The van der Waals surface area contributed by atoms with Crippen LogP contribution < -0.4 is 5.32 Å². The Morgan fingerprint density at radius 3 is 2.83 bits per heavy atom. The predicted molar refractivity (Wildman–Crippen MR) is 75.4 cm³/mol. The van der Waals surface area contributed by atoms with Crippen molar-refractivity contribution < 1.29 is 4.42 Å². The third-order valence-corrected chi connectivity index (χ3v) is 3.29. The van der Waals surface area contributed by atoms with Crippen LogP contribution in [0.2, 0.25) is 0 Å². The summed E-state index contributed by atoms with van der Waals surface area (Å²) in [5.41, 5.74) is 1.05. The summed E-state index contributed by atoms with van der Waals surface area (Å²) in [5.74, 6) is 2.93. The zero-order valence-electron chi connectivity index (χ0n) is 10.7. The first-order chi connectivity index (χ1) is 8.79. The maximum atomic E-state index is 5.71. The molecule has 0 amide bonds. The average molecular weight is 262 g/mol. The van der Waals surface area contributed by atoms with E-state index in [-0.39, 0.29) is 6.04 Å². The first kappa shape index (κ1) is 13.2. The Morgan fingerprint density at radius 2 is 2.11 bits per heavy atom. The third kappa shape index (κ3) is 3.62. The van der Waals surface area contributed by atoms with Crippen LogP contribution in [0.3, 0.4) is 0 Å². The molecule has 96 valence electrons. The van der Waals surface area contributed by atoms with Crippen LogP contribution >= 0.6 is 11.8 Å². The van der Waals surface area contributed by atoms with Crippen LogP contribution in [0.25, 0.3) is 0 Å². The summed E-state index contributed by atoms with van der Waals surface area (Å²) in [4.78, 5) is 4.33. The molecule has 2 rings (SSSR count). The molecule has 2 heterocycles. The van der Waals surface area contributed by atoms with Crippen molar-refractivity contribution in [1.29, 1.82) is 0 Å². The molecule has 0 saturated carbocycles. The van der Waals surface area contributed by atoms with Crippen molar-refractivity contribution in [2.24, 2.45) is 0 Å². The van der Waals surface area contributed by atoms with Crippen molar-refractivity contribution in [3.8, 4) is 0 Å². The van der Waals surface area contributed by atoms with Gasteiger partial charge in [0.1, 0.15) is 11.5 Å². The van der Waals surface area contributed by atoms with Gasteiger partial charge in [-0.2, -0.15) is 11.8 Å². The van der Waals surface area contributed by atoms with Gasteiger partial charge in [0.05, 0.1) is 18.0 Å². The summed E-state index contributed by atoms with van der Waals surface area (Å²) in [6.45, 7) is 2.83. The van der Waals surface area contributed by atoms with E-state index in [0.717, 1.165) is 29.5 Å². The highest BCUT2D eigenvalue weighted by Crippen LogP contribution is 2.15. The number of hydrogen-bond donors (Lipinski definition) is 1. The number of aromatic nitrogens is 1. The largest absolute Gasteiger partial charge is 0.464 e. The van der Waals surface area contributed by atoms with E-state index in [2.05, 4.69) is 23.5 Å². The fourth-order valence-corrected chi connectivity index (χ4v) is 2.17. The van der Waals surface area contributed by atoms with Crippen LogP contribution in [0, 0.1) is 0 Å². The number of rotatable bonds is 6. The van der Waals surface area contributed by atoms with Gasteiger partial charge in [-0.25, -0.2) is 0 Å². The van der Waals surface area contributed by atoms with E-state index in [1.165, 1.54) is 0 Å². The summed E-state index contributed by atoms with van der Waals surface area (Å²) in [6, 6.07) is 10.3. The van der Waals surface area contributed by atoms with Gasteiger partial charge < -0.3 is 9.73 Å². The highest BCUT2D eigenvalue weighted by Gasteiger charge is 2.07. The second-order valence-electron chi connectivity index (χ2n) is 4.16. The van der Waals surface area contributed by atoms with Crippen molar-refractivity contribution in [2.45, 2.75) is 25.3 Å². The molecular weight excluding hydrogens is 244 g/mol. The van der Waals surface area contributed by atoms with Crippen molar-refractivity contribution in [2.75, 3.05) is 6.26 Å². The lowest BCUT2D eigenvalue weighted by molar-refractivity contribution is 0.440. The molecule has 1 atom stereocenters. The minimum Gasteiger partial charge on any atom is -0.464 e. The highest BCUT2D eigenvalue weighted by atomic mass is 32.2. The Balaban J connectivity index is 1.87. The van der Waals surface area contributed by atoms with Gasteiger partial charge in [0.25, 0.3) is 0 Å². The second kappa shape index (κ2) is 6.61. The third-order valence-electron chi connectivity index (χ3n) is 2.72. The Labute approximate surface area is 112 Å². The van der Waals surface area contributed by atoms with Crippen LogP contribution in [0.5, 0.6) is 0 Å².